The van der Waals surface area contributed by atoms with E-state index >= 15 is 0 Å². The number of amides is 2. The molecule has 1 saturated heterocycles. The highest BCUT2D eigenvalue weighted by Crippen LogP contribution is 2.28. The number of hydrogen-bond acceptors (Lipinski definition) is 6. The van der Waals surface area contributed by atoms with Gasteiger partial charge in [-0.15, -0.1) is 0 Å². The number of carbonyl (C=O) groups is 2. The van der Waals surface area contributed by atoms with Crippen LogP contribution in [0, 0.1) is 0 Å². The third-order valence-electron chi connectivity index (χ3n) is 5.45. The van der Waals surface area contributed by atoms with Gasteiger partial charge in [0.15, 0.2) is 11.5 Å². The molecular formula is C24H29N3O6S. The number of nitrogens with one attached hydrogen (secondary N) is 1. The lowest BCUT2D eigenvalue weighted by molar-refractivity contribution is -0.127. The summed E-state index contributed by atoms with van der Waals surface area (Å²) in [7, 11) is -0.456. The molecule has 34 heavy (non-hydrogen) atoms. The minimum Gasteiger partial charge on any atom is -0.493 e. The fourth-order valence-electron chi connectivity index (χ4n) is 3.59. The van der Waals surface area contributed by atoms with Crippen LogP contribution in [0.1, 0.15) is 22.8 Å². The Hall–Kier alpha value is -3.37. The molecule has 1 heterocycles. The van der Waals surface area contributed by atoms with Crippen molar-refractivity contribution in [3.8, 4) is 11.5 Å². The Labute approximate surface area is 200 Å². The van der Waals surface area contributed by atoms with Crippen molar-refractivity contribution < 1.29 is 27.5 Å². The molecule has 0 aliphatic carbocycles. The molecule has 3 rings (SSSR count). The van der Waals surface area contributed by atoms with Crippen molar-refractivity contribution in [3.05, 3.63) is 59.7 Å². The first-order valence-corrected chi connectivity index (χ1v) is 12.4. The maximum absolute atomic E-state index is 12.9. The minimum atomic E-state index is -3.51. The number of methoxy groups -OCH3 is 2. The fourth-order valence-corrected chi connectivity index (χ4v) is 4.63. The predicted octanol–water partition coefficient (Wildman–Crippen LogP) is 2.00. The molecule has 0 aromatic heterocycles. The van der Waals surface area contributed by atoms with Gasteiger partial charge in [-0.05, 0) is 42.0 Å². The quantitative estimate of drug-likeness (QED) is 0.571. The first-order chi connectivity index (χ1) is 16.3. The number of sulfonamides is 1. The van der Waals surface area contributed by atoms with Crippen LogP contribution in [0.4, 0.5) is 0 Å². The maximum Gasteiger partial charge on any atom is 0.254 e. The van der Waals surface area contributed by atoms with Gasteiger partial charge in [-0.1, -0.05) is 19.1 Å². The first-order valence-electron chi connectivity index (χ1n) is 10.9. The number of hydrogen-bond donors (Lipinski definition) is 1. The van der Waals surface area contributed by atoms with Crippen molar-refractivity contribution in [1.29, 1.82) is 0 Å². The molecule has 0 atom stereocenters. The summed E-state index contributed by atoms with van der Waals surface area (Å²) in [6.45, 7) is 3.70. The second-order valence-electron chi connectivity index (χ2n) is 7.59. The maximum atomic E-state index is 12.9. The van der Waals surface area contributed by atoms with Gasteiger partial charge in [-0.3, -0.25) is 9.59 Å². The summed E-state index contributed by atoms with van der Waals surface area (Å²) in [6, 6.07) is 11.3. The molecule has 2 aromatic rings. The molecule has 0 unspecified atom stereocenters. The summed E-state index contributed by atoms with van der Waals surface area (Å²) < 4.78 is 36.9. The number of rotatable bonds is 8. The number of carbonyl (C=O) groups excluding carboxylic acids is 2. The molecule has 182 valence electrons. The smallest absolute Gasteiger partial charge is 0.254 e. The van der Waals surface area contributed by atoms with Gasteiger partial charge in [0.2, 0.25) is 15.9 Å². The van der Waals surface area contributed by atoms with Crippen molar-refractivity contribution in [2.24, 2.45) is 0 Å². The van der Waals surface area contributed by atoms with E-state index < -0.39 is 10.0 Å². The van der Waals surface area contributed by atoms with Crippen LogP contribution in [0.25, 0.3) is 6.08 Å². The third-order valence-corrected chi connectivity index (χ3v) is 7.01. The van der Waals surface area contributed by atoms with Crippen molar-refractivity contribution in [3.63, 3.8) is 0 Å². The van der Waals surface area contributed by atoms with Crippen LogP contribution >= 0.6 is 0 Å². The highest BCUT2D eigenvalue weighted by atomic mass is 32.2. The predicted molar refractivity (Wildman–Crippen MR) is 128 cm³/mol. The van der Waals surface area contributed by atoms with Gasteiger partial charge >= 0.3 is 0 Å². The van der Waals surface area contributed by atoms with Crippen LogP contribution in [0.15, 0.2) is 53.4 Å². The second kappa shape index (κ2) is 11.2. The molecular weight excluding hydrogens is 458 g/mol. The zero-order chi connectivity index (χ0) is 24.7. The van der Waals surface area contributed by atoms with E-state index in [0.29, 0.717) is 55.3 Å². The fraction of sp³-hybridized carbons (Fsp3) is 0.333. The molecule has 1 N–H and O–H groups in total. The Morgan fingerprint density at radius 1 is 0.941 bits per heavy atom. The van der Waals surface area contributed by atoms with E-state index in [1.165, 1.54) is 32.4 Å². The standard InChI is InChI=1S/C24H29N3O6S/c1-4-25-34(30,31)20-9-5-18(6-10-20)7-12-23(28)26-13-15-27(16-14-26)24(29)19-8-11-21(32-2)22(17-19)33-3/h5-12,17,25H,4,13-16H2,1-3H3/b12-7+. The topological polar surface area (TPSA) is 105 Å². The summed E-state index contributed by atoms with van der Waals surface area (Å²) in [5.74, 6) is 0.744. The SMILES string of the molecule is CCNS(=O)(=O)c1ccc(/C=C/C(=O)N2CCN(C(=O)c3ccc(OC)c(OC)c3)CC2)cc1. The Bertz CT molecular complexity index is 1150. The van der Waals surface area contributed by atoms with Crippen LogP contribution in [-0.4, -0.2) is 77.0 Å². The van der Waals surface area contributed by atoms with Gasteiger partial charge in [-0.2, -0.15) is 0 Å². The van der Waals surface area contributed by atoms with Gasteiger partial charge in [0.05, 0.1) is 19.1 Å². The lowest BCUT2D eigenvalue weighted by Gasteiger charge is -2.34. The molecule has 1 aliphatic rings. The average molecular weight is 488 g/mol. The van der Waals surface area contributed by atoms with Crippen molar-refractivity contribution in [2.45, 2.75) is 11.8 Å². The molecule has 1 fully saturated rings. The molecule has 0 bridgehead atoms. The van der Waals surface area contributed by atoms with Crippen molar-refractivity contribution in [1.82, 2.24) is 14.5 Å². The summed E-state index contributed by atoms with van der Waals surface area (Å²) >= 11 is 0. The molecule has 0 radical (unpaired) electrons. The van der Waals surface area contributed by atoms with E-state index in [4.69, 9.17) is 9.47 Å². The highest BCUT2D eigenvalue weighted by Gasteiger charge is 2.24. The van der Waals surface area contributed by atoms with Crippen molar-refractivity contribution in [2.75, 3.05) is 46.9 Å². The summed E-state index contributed by atoms with van der Waals surface area (Å²) in [4.78, 5) is 29.0. The van der Waals surface area contributed by atoms with E-state index in [2.05, 4.69) is 4.72 Å². The lowest BCUT2D eigenvalue weighted by atomic mass is 10.1. The molecule has 9 nitrogen and oxygen atoms in total. The van der Waals surface area contributed by atoms with Crippen LogP contribution in [-0.2, 0) is 14.8 Å². The summed E-state index contributed by atoms with van der Waals surface area (Å²) in [5.41, 5.74) is 1.21. The largest absolute Gasteiger partial charge is 0.493 e. The van der Waals surface area contributed by atoms with Gasteiger partial charge < -0.3 is 19.3 Å². The monoisotopic (exact) mass is 487 g/mol. The number of piperazine rings is 1. The van der Waals surface area contributed by atoms with Gasteiger partial charge in [0, 0.05) is 44.4 Å². The van der Waals surface area contributed by atoms with Gasteiger partial charge in [0.1, 0.15) is 0 Å². The Morgan fingerprint density at radius 2 is 1.56 bits per heavy atom. The second-order valence-corrected chi connectivity index (χ2v) is 9.36. The van der Waals surface area contributed by atoms with Crippen LogP contribution in [0.3, 0.4) is 0 Å². The number of nitrogens with zero attached hydrogens (tertiary/aromatic N) is 2. The highest BCUT2D eigenvalue weighted by molar-refractivity contribution is 7.89. The normalized spacial score (nSPS) is 14.3. The van der Waals surface area contributed by atoms with Crippen LogP contribution in [0.5, 0.6) is 11.5 Å². The van der Waals surface area contributed by atoms with E-state index in [1.807, 2.05) is 0 Å². The molecule has 0 saturated carbocycles. The Morgan fingerprint density at radius 3 is 2.15 bits per heavy atom. The van der Waals surface area contributed by atoms with Crippen LogP contribution in [0.2, 0.25) is 0 Å². The average Bonchev–Trinajstić information content (AvgIpc) is 2.86. The molecule has 2 aromatic carbocycles. The van der Waals surface area contributed by atoms with Gasteiger partial charge in [-0.25, -0.2) is 13.1 Å². The Kier molecular flexibility index (Phi) is 8.30. The molecule has 1 aliphatic heterocycles. The van der Waals surface area contributed by atoms with E-state index in [0.717, 1.165) is 0 Å². The molecule has 0 spiro atoms. The zero-order valence-electron chi connectivity index (χ0n) is 19.5. The Balaban J connectivity index is 1.56. The van der Waals surface area contributed by atoms with Crippen LogP contribution < -0.4 is 14.2 Å². The lowest BCUT2D eigenvalue weighted by Crippen LogP contribution is -2.50. The summed E-state index contributed by atoms with van der Waals surface area (Å²) in [6.07, 6.45) is 3.10. The number of benzene rings is 2. The van der Waals surface area contributed by atoms with Gasteiger partial charge in [0.25, 0.3) is 5.91 Å². The van der Waals surface area contributed by atoms with E-state index in [-0.39, 0.29) is 16.7 Å². The van der Waals surface area contributed by atoms with Crippen molar-refractivity contribution >= 4 is 27.9 Å². The summed E-state index contributed by atoms with van der Waals surface area (Å²) in [5, 5.41) is 0. The zero-order valence-corrected chi connectivity index (χ0v) is 20.3. The van der Waals surface area contributed by atoms with E-state index in [1.54, 1.807) is 53.1 Å². The minimum absolute atomic E-state index is 0.129. The number of ether oxygens (including phenoxy) is 2. The van der Waals surface area contributed by atoms with E-state index in [9.17, 15) is 18.0 Å². The first kappa shape index (κ1) is 25.3. The third kappa shape index (κ3) is 5.95. The molecule has 2 amide bonds. The molecule has 10 heteroatoms.